The van der Waals surface area contributed by atoms with Crippen LogP contribution in [0, 0.1) is 0 Å². The Morgan fingerprint density at radius 2 is 2.00 bits per heavy atom. The predicted octanol–water partition coefficient (Wildman–Crippen LogP) is 2.10. The summed E-state index contributed by atoms with van der Waals surface area (Å²) < 4.78 is 0. The second-order valence-electron chi connectivity index (χ2n) is 4.69. The van der Waals surface area contributed by atoms with Crippen molar-refractivity contribution < 1.29 is 5.11 Å². The molecule has 0 saturated heterocycles. The zero-order valence-electron chi connectivity index (χ0n) is 10.4. The molecule has 0 fully saturated rings. The molecule has 0 radical (unpaired) electrons. The van der Waals surface area contributed by atoms with Crippen LogP contribution < -0.4 is 10.9 Å². The van der Waals surface area contributed by atoms with Gasteiger partial charge in [0.05, 0.1) is 11.4 Å². The van der Waals surface area contributed by atoms with E-state index >= 15 is 0 Å². The molecule has 0 atom stereocenters. The Morgan fingerprint density at radius 3 is 2.84 bits per heavy atom. The lowest BCUT2D eigenvalue weighted by Crippen LogP contribution is -2.22. The van der Waals surface area contributed by atoms with Gasteiger partial charge in [0.25, 0.3) is 5.56 Å². The minimum absolute atomic E-state index is 0.0809. The van der Waals surface area contributed by atoms with Crippen LogP contribution >= 0.6 is 0 Å². The molecule has 0 aliphatic heterocycles. The fourth-order valence-corrected chi connectivity index (χ4v) is 2.37. The standard InChI is InChI=1S/C14H15N3O2/c18-12-8-4-3-7-11(12)16-14-15-10-6-2-1-5-9(10)13(19)17-14/h3-4,7-8,18H,1-2,5-6H2,(H2,15,16,17,19). The molecular weight excluding hydrogens is 242 g/mol. The van der Waals surface area contributed by atoms with Gasteiger partial charge in [0.1, 0.15) is 5.75 Å². The summed E-state index contributed by atoms with van der Waals surface area (Å²) in [5, 5.41) is 12.6. The Morgan fingerprint density at radius 1 is 1.21 bits per heavy atom. The van der Waals surface area contributed by atoms with E-state index in [1.54, 1.807) is 24.3 Å². The molecule has 19 heavy (non-hydrogen) atoms. The summed E-state index contributed by atoms with van der Waals surface area (Å²) in [5.41, 5.74) is 2.12. The first-order valence-corrected chi connectivity index (χ1v) is 6.41. The molecule has 2 aromatic rings. The number of H-pyrrole nitrogens is 1. The number of aromatic nitrogens is 2. The van der Waals surface area contributed by atoms with Gasteiger partial charge >= 0.3 is 0 Å². The maximum atomic E-state index is 12.0. The second kappa shape index (κ2) is 4.76. The highest BCUT2D eigenvalue weighted by atomic mass is 16.3. The van der Waals surface area contributed by atoms with Crippen molar-refractivity contribution in [2.75, 3.05) is 5.32 Å². The lowest BCUT2D eigenvalue weighted by molar-refractivity contribution is 0.477. The Bertz CT molecular complexity index is 664. The van der Waals surface area contributed by atoms with Crippen LogP contribution in [0.4, 0.5) is 11.6 Å². The number of anilines is 2. The first-order valence-electron chi connectivity index (χ1n) is 6.41. The summed E-state index contributed by atoms with van der Waals surface area (Å²) in [4.78, 5) is 19.1. The SMILES string of the molecule is O=c1[nH]c(Nc2ccccc2O)nc2c1CCCC2. The van der Waals surface area contributed by atoms with Crippen LogP contribution in [-0.4, -0.2) is 15.1 Å². The van der Waals surface area contributed by atoms with Gasteiger partial charge in [-0.15, -0.1) is 0 Å². The van der Waals surface area contributed by atoms with Gasteiger partial charge in [-0.2, -0.15) is 0 Å². The first kappa shape index (κ1) is 11.8. The normalized spacial score (nSPS) is 13.9. The van der Waals surface area contributed by atoms with Crippen molar-refractivity contribution in [3.8, 4) is 5.75 Å². The average molecular weight is 257 g/mol. The zero-order chi connectivity index (χ0) is 13.2. The van der Waals surface area contributed by atoms with Gasteiger partial charge in [0.15, 0.2) is 0 Å². The molecule has 0 amide bonds. The van der Waals surface area contributed by atoms with Crippen LogP contribution in [0.25, 0.3) is 0 Å². The molecule has 98 valence electrons. The van der Waals surface area contributed by atoms with E-state index in [0.717, 1.165) is 36.9 Å². The minimum atomic E-state index is -0.0809. The summed E-state index contributed by atoms with van der Waals surface area (Å²) in [6, 6.07) is 6.86. The van der Waals surface area contributed by atoms with Crippen molar-refractivity contribution in [2.45, 2.75) is 25.7 Å². The topological polar surface area (TPSA) is 78.0 Å². The number of benzene rings is 1. The van der Waals surface area contributed by atoms with Crippen molar-refractivity contribution in [2.24, 2.45) is 0 Å². The predicted molar refractivity (Wildman–Crippen MR) is 72.9 cm³/mol. The summed E-state index contributed by atoms with van der Waals surface area (Å²) >= 11 is 0. The number of para-hydroxylation sites is 2. The molecule has 1 aliphatic rings. The number of rotatable bonds is 2. The number of aromatic amines is 1. The largest absolute Gasteiger partial charge is 0.506 e. The first-order chi connectivity index (χ1) is 9.24. The van der Waals surface area contributed by atoms with Crippen LogP contribution in [0.5, 0.6) is 5.75 Å². The fourth-order valence-electron chi connectivity index (χ4n) is 2.37. The molecule has 0 unspecified atom stereocenters. The van der Waals surface area contributed by atoms with Gasteiger partial charge < -0.3 is 10.4 Å². The van der Waals surface area contributed by atoms with Crippen molar-refractivity contribution in [3.05, 3.63) is 45.9 Å². The highest BCUT2D eigenvalue weighted by molar-refractivity contribution is 5.61. The van der Waals surface area contributed by atoms with Crippen molar-refractivity contribution >= 4 is 11.6 Å². The molecule has 1 aliphatic carbocycles. The van der Waals surface area contributed by atoms with Gasteiger partial charge in [0.2, 0.25) is 5.95 Å². The highest BCUT2D eigenvalue weighted by Gasteiger charge is 2.15. The third-order valence-corrected chi connectivity index (χ3v) is 3.35. The number of nitrogens with one attached hydrogen (secondary N) is 2. The average Bonchev–Trinajstić information content (AvgIpc) is 2.42. The van der Waals surface area contributed by atoms with Gasteiger partial charge in [-0.05, 0) is 37.8 Å². The van der Waals surface area contributed by atoms with E-state index in [1.165, 1.54) is 0 Å². The monoisotopic (exact) mass is 257 g/mol. The maximum absolute atomic E-state index is 12.0. The lowest BCUT2D eigenvalue weighted by atomic mass is 9.97. The third-order valence-electron chi connectivity index (χ3n) is 3.35. The molecule has 5 nitrogen and oxygen atoms in total. The number of phenolic OH excluding ortho intramolecular Hbond substituents is 1. The number of aromatic hydroxyl groups is 1. The van der Waals surface area contributed by atoms with E-state index < -0.39 is 0 Å². The zero-order valence-corrected chi connectivity index (χ0v) is 10.4. The van der Waals surface area contributed by atoms with Crippen molar-refractivity contribution in [1.29, 1.82) is 0 Å². The molecule has 0 saturated carbocycles. The van der Waals surface area contributed by atoms with Gasteiger partial charge in [-0.3, -0.25) is 9.78 Å². The Hall–Kier alpha value is -2.30. The summed E-state index contributed by atoms with van der Waals surface area (Å²) in [7, 11) is 0. The smallest absolute Gasteiger partial charge is 0.255 e. The van der Waals surface area contributed by atoms with E-state index in [-0.39, 0.29) is 11.3 Å². The third kappa shape index (κ3) is 2.31. The molecule has 1 aromatic carbocycles. The number of hydrogen-bond donors (Lipinski definition) is 3. The Kier molecular flexibility index (Phi) is 2.95. The number of fused-ring (bicyclic) bond motifs is 1. The number of phenols is 1. The summed E-state index contributed by atoms with van der Waals surface area (Å²) in [6.07, 6.45) is 3.76. The van der Waals surface area contributed by atoms with Gasteiger partial charge in [-0.25, -0.2) is 4.98 Å². The molecule has 0 spiro atoms. The minimum Gasteiger partial charge on any atom is -0.506 e. The van der Waals surface area contributed by atoms with Crippen molar-refractivity contribution in [1.82, 2.24) is 9.97 Å². The second-order valence-corrected chi connectivity index (χ2v) is 4.69. The summed E-state index contributed by atoms with van der Waals surface area (Å²) in [6.45, 7) is 0. The van der Waals surface area contributed by atoms with Gasteiger partial charge in [0, 0.05) is 5.56 Å². The van der Waals surface area contributed by atoms with E-state index in [2.05, 4.69) is 15.3 Å². The molecule has 0 bridgehead atoms. The molecule has 5 heteroatoms. The molecule has 3 N–H and O–H groups in total. The fraction of sp³-hybridized carbons (Fsp3) is 0.286. The van der Waals surface area contributed by atoms with Crippen LogP contribution in [0.2, 0.25) is 0 Å². The van der Waals surface area contributed by atoms with Gasteiger partial charge in [-0.1, -0.05) is 12.1 Å². The maximum Gasteiger partial charge on any atom is 0.255 e. The Balaban J connectivity index is 1.96. The molecular formula is C14H15N3O2. The van der Waals surface area contributed by atoms with E-state index in [1.807, 2.05) is 0 Å². The van der Waals surface area contributed by atoms with Crippen LogP contribution in [0.3, 0.4) is 0 Å². The molecule has 1 heterocycles. The number of nitrogens with zero attached hydrogens (tertiary/aromatic N) is 1. The number of aryl methyl sites for hydroxylation is 1. The van der Waals surface area contributed by atoms with Crippen LogP contribution in [0.15, 0.2) is 29.1 Å². The molecule has 3 rings (SSSR count). The van der Waals surface area contributed by atoms with E-state index in [4.69, 9.17) is 0 Å². The van der Waals surface area contributed by atoms with Crippen LogP contribution in [0.1, 0.15) is 24.1 Å². The van der Waals surface area contributed by atoms with Crippen LogP contribution in [-0.2, 0) is 12.8 Å². The summed E-state index contributed by atoms with van der Waals surface area (Å²) in [5.74, 6) is 0.509. The Labute approximate surface area is 110 Å². The lowest BCUT2D eigenvalue weighted by Gasteiger charge is -2.15. The highest BCUT2D eigenvalue weighted by Crippen LogP contribution is 2.24. The van der Waals surface area contributed by atoms with Crippen molar-refractivity contribution in [3.63, 3.8) is 0 Å². The quantitative estimate of drug-likeness (QED) is 0.720. The van der Waals surface area contributed by atoms with E-state index in [0.29, 0.717) is 11.6 Å². The molecule has 1 aromatic heterocycles. The number of hydrogen-bond acceptors (Lipinski definition) is 4. The van der Waals surface area contributed by atoms with E-state index in [9.17, 15) is 9.90 Å².